The van der Waals surface area contributed by atoms with Crippen molar-refractivity contribution in [3.63, 3.8) is 0 Å². The third-order valence-corrected chi connectivity index (χ3v) is 13.4. The van der Waals surface area contributed by atoms with Crippen molar-refractivity contribution in [3.05, 3.63) is 134 Å². The average Bonchev–Trinajstić information content (AvgIpc) is 3.44. The van der Waals surface area contributed by atoms with Crippen molar-refractivity contribution in [3.8, 4) is 0 Å². The second-order valence-corrected chi connectivity index (χ2v) is 20.9. The third kappa shape index (κ3) is 62.4. The molecule has 0 aliphatic rings. The number of ether oxygens (including phenoxy) is 3. The molecule has 0 aliphatic carbocycles. The lowest BCUT2D eigenvalue weighted by Gasteiger charge is -2.18. The van der Waals surface area contributed by atoms with E-state index in [2.05, 4.69) is 154 Å². The molecule has 0 N–H and O–H groups in total. The molecule has 0 heterocycles. The molecule has 442 valence electrons. The minimum absolute atomic E-state index is 0.0979. The highest BCUT2D eigenvalue weighted by atomic mass is 16.6. The lowest BCUT2D eigenvalue weighted by atomic mass is 10.0. The normalized spacial score (nSPS) is 13.0. The molecule has 0 amide bonds. The predicted molar refractivity (Wildman–Crippen MR) is 339 cm³/mol. The molecule has 0 aromatic rings. The van der Waals surface area contributed by atoms with Crippen molar-refractivity contribution in [1.82, 2.24) is 0 Å². The zero-order chi connectivity index (χ0) is 56.4. The van der Waals surface area contributed by atoms with Crippen LogP contribution in [0.25, 0.3) is 0 Å². The van der Waals surface area contributed by atoms with Gasteiger partial charge in [0.2, 0.25) is 0 Å². The Morgan fingerprint density at radius 3 is 0.795 bits per heavy atom. The van der Waals surface area contributed by atoms with Crippen LogP contribution >= 0.6 is 0 Å². The second-order valence-electron chi connectivity index (χ2n) is 20.9. The van der Waals surface area contributed by atoms with Crippen LogP contribution in [-0.2, 0) is 28.6 Å². The summed E-state index contributed by atoms with van der Waals surface area (Å²) in [6, 6.07) is 0. The number of allylic oxidation sites excluding steroid dienone is 22. The summed E-state index contributed by atoms with van der Waals surface area (Å²) in [5, 5.41) is 0. The summed E-state index contributed by atoms with van der Waals surface area (Å²) < 4.78 is 16.9. The number of esters is 3. The lowest BCUT2D eigenvalue weighted by molar-refractivity contribution is -0.167. The van der Waals surface area contributed by atoms with Gasteiger partial charge in [-0.05, 0) is 116 Å². The van der Waals surface area contributed by atoms with Gasteiger partial charge in [0.1, 0.15) is 13.2 Å². The van der Waals surface area contributed by atoms with Crippen LogP contribution in [0.2, 0.25) is 0 Å². The van der Waals surface area contributed by atoms with Crippen molar-refractivity contribution in [2.24, 2.45) is 0 Å². The van der Waals surface area contributed by atoms with E-state index in [1.165, 1.54) is 96.3 Å². The number of hydrogen-bond acceptors (Lipinski definition) is 6. The molecule has 1 unspecified atom stereocenters. The summed E-state index contributed by atoms with van der Waals surface area (Å²) in [5.74, 6) is -0.941. The van der Waals surface area contributed by atoms with Crippen molar-refractivity contribution in [2.75, 3.05) is 13.2 Å². The SMILES string of the molecule is CC/C=C\C/C=C\C/C=C\C/C=C\C/C=C\C/C=C\CCCCCCCCC(=O)OCC(COC(=O)CCCCCCCCCCCCCCCCCC)OC(=O)CCCCC/C=C\C/C=C\C/C=C\C/C=C\C/C=C\CC. The summed E-state index contributed by atoms with van der Waals surface area (Å²) >= 11 is 0. The Labute approximate surface area is 481 Å². The summed E-state index contributed by atoms with van der Waals surface area (Å²) in [6.07, 6.45) is 91.6. The van der Waals surface area contributed by atoms with Crippen molar-refractivity contribution < 1.29 is 28.6 Å². The van der Waals surface area contributed by atoms with Gasteiger partial charge in [0, 0.05) is 19.3 Å². The molecular weight excluding hydrogens is 961 g/mol. The summed E-state index contributed by atoms with van der Waals surface area (Å²) in [5.41, 5.74) is 0. The fourth-order valence-electron chi connectivity index (χ4n) is 8.65. The molecule has 6 nitrogen and oxygen atoms in total. The van der Waals surface area contributed by atoms with Crippen LogP contribution in [0.4, 0.5) is 0 Å². The number of rotatable bonds is 57. The Bertz CT molecular complexity index is 1670. The van der Waals surface area contributed by atoms with E-state index in [9.17, 15) is 14.4 Å². The quantitative estimate of drug-likeness (QED) is 0.0261. The Kier molecular flexibility index (Phi) is 61.4. The van der Waals surface area contributed by atoms with Crippen LogP contribution < -0.4 is 0 Å². The van der Waals surface area contributed by atoms with Gasteiger partial charge in [-0.3, -0.25) is 14.4 Å². The number of hydrogen-bond donors (Lipinski definition) is 0. The molecule has 0 aromatic heterocycles. The van der Waals surface area contributed by atoms with Gasteiger partial charge in [0.15, 0.2) is 6.10 Å². The molecule has 0 aliphatic heterocycles. The van der Waals surface area contributed by atoms with Gasteiger partial charge >= 0.3 is 17.9 Å². The first-order valence-corrected chi connectivity index (χ1v) is 32.2. The molecule has 0 saturated heterocycles. The number of unbranched alkanes of at least 4 members (excludes halogenated alkanes) is 24. The second kappa shape index (κ2) is 65.1. The zero-order valence-electron chi connectivity index (χ0n) is 50.6. The lowest BCUT2D eigenvalue weighted by Crippen LogP contribution is -2.30. The van der Waals surface area contributed by atoms with E-state index in [4.69, 9.17) is 14.2 Å². The fraction of sp³-hybridized carbons (Fsp3) is 0.653. The van der Waals surface area contributed by atoms with Gasteiger partial charge in [0.25, 0.3) is 0 Å². The van der Waals surface area contributed by atoms with E-state index in [1.807, 2.05) is 0 Å². The molecule has 0 aromatic carbocycles. The fourth-order valence-corrected chi connectivity index (χ4v) is 8.65. The third-order valence-electron chi connectivity index (χ3n) is 13.4. The Morgan fingerprint density at radius 2 is 0.500 bits per heavy atom. The van der Waals surface area contributed by atoms with Crippen LogP contribution in [0.3, 0.4) is 0 Å². The smallest absolute Gasteiger partial charge is 0.306 e. The number of carbonyl (C=O) groups is 3. The van der Waals surface area contributed by atoms with E-state index in [-0.39, 0.29) is 37.5 Å². The molecule has 0 radical (unpaired) electrons. The van der Waals surface area contributed by atoms with E-state index in [1.54, 1.807) is 0 Å². The van der Waals surface area contributed by atoms with Crippen molar-refractivity contribution >= 4 is 17.9 Å². The van der Waals surface area contributed by atoms with Crippen LogP contribution in [-0.4, -0.2) is 37.2 Å². The van der Waals surface area contributed by atoms with Gasteiger partial charge in [-0.15, -0.1) is 0 Å². The first-order chi connectivity index (χ1) is 38.5. The zero-order valence-corrected chi connectivity index (χ0v) is 50.6. The average molecular weight is 1080 g/mol. The molecule has 0 spiro atoms. The molecule has 0 bridgehead atoms. The van der Waals surface area contributed by atoms with Gasteiger partial charge in [-0.25, -0.2) is 0 Å². The summed E-state index contributed by atoms with van der Waals surface area (Å²) in [7, 11) is 0. The first-order valence-electron chi connectivity index (χ1n) is 32.2. The first kappa shape index (κ1) is 73.5. The predicted octanol–water partition coefficient (Wildman–Crippen LogP) is 22.2. The molecule has 1 atom stereocenters. The minimum Gasteiger partial charge on any atom is -0.462 e. The van der Waals surface area contributed by atoms with Gasteiger partial charge in [-0.1, -0.05) is 283 Å². The van der Waals surface area contributed by atoms with E-state index in [0.717, 1.165) is 148 Å². The highest BCUT2D eigenvalue weighted by molar-refractivity contribution is 5.71. The van der Waals surface area contributed by atoms with Gasteiger partial charge in [0.05, 0.1) is 0 Å². The van der Waals surface area contributed by atoms with E-state index in [0.29, 0.717) is 12.8 Å². The van der Waals surface area contributed by atoms with Crippen molar-refractivity contribution in [2.45, 2.75) is 290 Å². The maximum Gasteiger partial charge on any atom is 0.306 e. The van der Waals surface area contributed by atoms with Crippen LogP contribution in [0.1, 0.15) is 284 Å². The topological polar surface area (TPSA) is 78.9 Å². The summed E-state index contributed by atoms with van der Waals surface area (Å²) in [6.45, 7) is 6.39. The van der Waals surface area contributed by atoms with Gasteiger partial charge < -0.3 is 14.2 Å². The maximum atomic E-state index is 12.9. The Morgan fingerprint density at radius 1 is 0.269 bits per heavy atom. The van der Waals surface area contributed by atoms with E-state index >= 15 is 0 Å². The molecule has 6 heteroatoms. The Hall–Kier alpha value is -4.45. The van der Waals surface area contributed by atoms with Crippen LogP contribution in [0.5, 0.6) is 0 Å². The largest absolute Gasteiger partial charge is 0.462 e. The monoisotopic (exact) mass is 1080 g/mol. The molecule has 0 rings (SSSR count). The highest BCUT2D eigenvalue weighted by Gasteiger charge is 2.19. The Balaban J connectivity index is 4.47. The standard InChI is InChI=1S/C72H118O6/c1-4-7-10-13-16-19-22-25-28-31-33-34-35-36-37-38-40-41-44-47-50-53-56-59-62-65-71(74)77-68-69(67-76-70(73)64-61-58-55-52-49-46-43-30-27-24-21-18-15-12-9-6-3)78-72(75)66-63-60-57-54-51-48-45-42-39-32-29-26-23-20-17-14-11-8-5-2/h7-8,10-11,16-17,19-20,25-26,28-29,33-34,36-37,39-42,48,51,69H,4-6,9,12-15,18,21-24,27,30-32,35,38,43-47,49-50,52-68H2,1-3H3/b10-7-,11-8-,19-16-,20-17-,28-25-,29-26-,34-33-,37-36-,41-40-,42-39-,51-48-. The summed E-state index contributed by atoms with van der Waals surface area (Å²) in [4.78, 5) is 38.4. The van der Waals surface area contributed by atoms with E-state index < -0.39 is 6.10 Å². The number of carbonyl (C=O) groups excluding carboxylic acids is 3. The molecule has 0 fully saturated rings. The van der Waals surface area contributed by atoms with Gasteiger partial charge in [-0.2, -0.15) is 0 Å². The molecule has 78 heavy (non-hydrogen) atoms. The molecule has 0 saturated carbocycles. The van der Waals surface area contributed by atoms with Crippen LogP contribution in [0, 0.1) is 0 Å². The highest BCUT2D eigenvalue weighted by Crippen LogP contribution is 2.16. The minimum atomic E-state index is -0.807. The maximum absolute atomic E-state index is 12.9. The van der Waals surface area contributed by atoms with Crippen LogP contribution in [0.15, 0.2) is 134 Å². The van der Waals surface area contributed by atoms with Crippen molar-refractivity contribution in [1.29, 1.82) is 0 Å². The molecular formula is C72H118O6.